The number of halogens is 1. The Kier molecular flexibility index (Phi) is 8.55. The number of aromatic amines is 1. The van der Waals surface area contributed by atoms with Crippen molar-refractivity contribution in [1.82, 2.24) is 10.4 Å². The van der Waals surface area contributed by atoms with Gasteiger partial charge in [0.2, 0.25) is 0 Å². The zero-order valence-corrected chi connectivity index (χ0v) is 24.0. The third-order valence-corrected chi connectivity index (χ3v) is 6.82. The van der Waals surface area contributed by atoms with Gasteiger partial charge in [0.1, 0.15) is 11.4 Å². The van der Waals surface area contributed by atoms with Gasteiger partial charge in [-0.2, -0.15) is 5.10 Å². The molecule has 0 atom stereocenters. The van der Waals surface area contributed by atoms with Gasteiger partial charge in [0.15, 0.2) is 11.5 Å². The van der Waals surface area contributed by atoms with Crippen molar-refractivity contribution in [3.05, 3.63) is 112 Å². The fraction of sp³-hybridized carbons (Fsp3) is 0.121. The summed E-state index contributed by atoms with van der Waals surface area (Å²) in [5, 5.41) is 5.46. The van der Waals surface area contributed by atoms with E-state index < -0.39 is 11.9 Å². The summed E-state index contributed by atoms with van der Waals surface area (Å²) >= 11 is 6.53. The van der Waals surface area contributed by atoms with Crippen molar-refractivity contribution in [1.29, 1.82) is 0 Å². The normalized spacial score (nSPS) is 11.0. The molecule has 0 radical (unpaired) electrons. The number of aromatic nitrogens is 1. The number of hydrogen-bond donors (Lipinski definition) is 2. The van der Waals surface area contributed by atoms with E-state index in [0.717, 1.165) is 10.9 Å². The molecular weight excluding hydrogens is 554 g/mol. The fourth-order valence-electron chi connectivity index (χ4n) is 4.58. The number of aryl methyl sites for hydroxylation is 1. The van der Waals surface area contributed by atoms with Crippen molar-refractivity contribution in [2.24, 2.45) is 5.10 Å². The first-order chi connectivity index (χ1) is 20.4. The number of methoxy groups -OCH3 is 1. The van der Waals surface area contributed by atoms with E-state index in [-0.39, 0.29) is 11.4 Å². The Balaban J connectivity index is 1.39. The number of nitrogens with one attached hydrogen (secondary N) is 2. The maximum Gasteiger partial charge on any atom is 0.343 e. The molecule has 42 heavy (non-hydrogen) atoms. The van der Waals surface area contributed by atoms with E-state index in [9.17, 15) is 9.59 Å². The van der Waals surface area contributed by atoms with Crippen molar-refractivity contribution in [2.75, 3.05) is 13.7 Å². The Morgan fingerprint density at radius 3 is 2.52 bits per heavy atom. The third kappa shape index (κ3) is 5.99. The summed E-state index contributed by atoms with van der Waals surface area (Å²) in [7, 11) is 1.57. The molecule has 4 aromatic carbocycles. The van der Waals surface area contributed by atoms with Crippen LogP contribution in [0.3, 0.4) is 0 Å². The zero-order chi connectivity index (χ0) is 29.6. The van der Waals surface area contributed by atoms with Crippen LogP contribution in [0.15, 0.2) is 90.0 Å². The summed E-state index contributed by atoms with van der Waals surface area (Å²) in [5.41, 5.74) is 6.90. The zero-order valence-electron chi connectivity index (χ0n) is 23.2. The summed E-state index contributed by atoms with van der Waals surface area (Å²) < 4.78 is 16.8. The average Bonchev–Trinajstić information content (AvgIpc) is 3.38. The lowest BCUT2D eigenvalue weighted by Crippen LogP contribution is -2.19. The van der Waals surface area contributed by atoms with E-state index in [1.54, 1.807) is 49.6 Å². The van der Waals surface area contributed by atoms with Gasteiger partial charge in [-0.15, -0.1) is 0 Å². The number of para-hydroxylation sites is 1. The van der Waals surface area contributed by atoms with Crippen molar-refractivity contribution < 1.29 is 23.8 Å². The van der Waals surface area contributed by atoms with Crippen LogP contribution in [0.5, 0.6) is 17.2 Å². The molecule has 0 bridgehead atoms. The van der Waals surface area contributed by atoms with Gasteiger partial charge in [0.05, 0.1) is 31.0 Å². The van der Waals surface area contributed by atoms with Gasteiger partial charge in [-0.3, -0.25) is 4.79 Å². The average molecular weight is 582 g/mol. The maximum absolute atomic E-state index is 13.4. The molecule has 0 aliphatic carbocycles. The predicted octanol–water partition coefficient (Wildman–Crippen LogP) is 7.19. The summed E-state index contributed by atoms with van der Waals surface area (Å²) in [5.74, 6) is 0.291. The number of H-pyrrole nitrogens is 1. The van der Waals surface area contributed by atoms with E-state index in [1.807, 2.05) is 56.3 Å². The lowest BCUT2D eigenvalue weighted by Gasteiger charge is -2.11. The minimum atomic E-state index is -0.488. The molecule has 212 valence electrons. The molecule has 0 fully saturated rings. The highest BCUT2D eigenvalue weighted by atomic mass is 35.5. The van der Waals surface area contributed by atoms with E-state index in [4.69, 9.17) is 25.8 Å². The molecule has 5 aromatic rings. The lowest BCUT2D eigenvalue weighted by molar-refractivity contribution is 0.0728. The summed E-state index contributed by atoms with van der Waals surface area (Å²) in [6.07, 6.45) is 1.48. The van der Waals surface area contributed by atoms with Crippen LogP contribution in [0.4, 0.5) is 0 Å². The number of carbonyl (C=O) groups is 2. The molecule has 0 aliphatic rings. The molecule has 0 saturated heterocycles. The van der Waals surface area contributed by atoms with Gasteiger partial charge in [-0.25, -0.2) is 10.2 Å². The number of hydrazone groups is 1. The van der Waals surface area contributed by atoms with E-state index in [1.165, 1.54) is 6.21 Å². The fourth-order valence-corrected chi connectivity index (χ4v) is 4.81. The number of rotatable bonds is 9. The predicted molar refractivity (Wildman–Crippen MR) is 164 cm³/mol. The Morgan fingerprint density at radius 2 is 1.76 bits per heavy atom. The minimum Gasteiger partial charge on any atom is -0.495 e. The highest BCUT2D eigenvalue weighted by Gasteiger charge is 2.22. The first-order valence-electron chi connectivity index (χ1n) is 13.2. The molecular formula is C33H28ClN3O5. The number of ether oxygens (including phenoxy) is 3. The summed E-state index contributed by atoms with van der Waals surface area (Å²) in [6.45, 7) is 4.10. The number of carbonyl (C=O) groups excluding carboxylic acids is 2. The van der Waals surface area contributed by atoms with Gasteiger partial charge in [-0.05, 0) is 61.9 Å². The van der Waals surface area contributed by atoms with Crippen molar-refractivity contribution >= 4 is 40.6 Å². The highest BCUT2D eigenvalue weighted by Crippen LogP contribution is 2.39. The Labute approximate surface area is 247 Å². The second kappa shape index (κ2) is 12.6. The second-order valence-electron chi connectivity index (χ2n) is 9.33. The van der Waals surface area contributed by atoms with Crippen LogP contribution in [0.25, 0.3) is 22.0 Å². The van der Waals surface area contributed by atoms with Crippen LogP contribution >= 0.6 is 11.6 Å². The minimum absolute atomic E-state index is 0.279. The number of hydrogen-bond acceptors (Lipinski definition) is 6. The molecule has 0 unspecified atom stereocenters. The first kappa shape index (κ1) is 28.4. The number of amides is 1. The molecule has 0 spiro atoms. The quantitative estimate of drug-likeness (QED) is 0.0830. The molecule has 5 rings (SSSR count). The molecule has 9 heteroatoms. The highest BCUT2D eigenvalue weighted by molar-refractivity contribution is 6.34. The molecule has 1 heterocycles. The smallest absolute Gasteiger partial charge is 0.343 e. The van der Waals surface area contributed by atoms with Crippen LogP contribution in [-0.2, 0) is 0 Å². The van der Waals surface area contributed by atoms with Gasteiger partial charge in [0, 0.05) is 21.5 Å². The lowest BCUT2D eigenvalue weighted by atomic mass is 10.0. The Morgan fingerprint density at radius 1 is 0.952 bits per heavy atom. The van der Waals surface area contributed by atoms with Crippen LogP contribution in [0, 0.1) is 6.92 Å². The standard InChI is InChI=1S/C33H28ClN3O5/c1-4-41-28-18-21(15-16-26(28)42-33(39)22-10-7-9-20(2)17-22)19-35-37-32(38)31-29(23-11-5-6-13-25(23)34)24-12-8-14-27(40-3)30(24)36-31/h5-19,36H,4H2,1-3H3,(H,37,38). The second-order valence-corrected chi connectivity index (χ2v) is 9.74. The van der Waals surface area contributed by atoms with Gasteiger partial charge in [-0.1, -0.05) is 59.6 Å². The number of esters is 1. The van der Waals surface area contributed by atoms with Gasteiger partial charge >= 0.3 is 5.97 Å². The van der Waals surface area contributed by atoms with Crippen molar-refractivity contribution in [3.63, 3.8) is 0 Å². The van der Waals surface area contributed by atoms with Crippen molar-refractivity contribution in [3.8, 4) is 28.4 Å². The summed E-state index contributed by atoms with van der Waals surface area (Å²) in [6, 6.07) is 25.0. The molecule has 0 aliphatic heterocycles. The largest absolute Gasteiger partial charge is 0.495 e. The van der Waals surface area contributed by atoms with Crippen LogP contribution in [-0.4, -0.2) is 36.8 Å². The van der Waals surface area contributed by atoms with Gasteiger partial charge < -0.3 is 19.2 Å². The molecule has 1 aromatic heterocycles. The number of fused-ring (bicyclic) bond motifs is 1. The summed E-state index contributed by atoms with van der Waals surface area (Å²) in [4.78, 5) is 29.3. The SMILES string of the molecule is CCOc1cc(C=NNC(=O)c2[nH]c3c(OC)cccc3c2-c2ccccc2Cl)ccc1OC(=O)c1cccc(C)c1. The number of nitrogens with zero attached hydrogens (tertiary/aromatic N) is 1. The van der Waals surface area contributed by atoms with Crippen LogP contribution in [0.2, 0.25) is 5.02 Å². The van der Waals surface area contributed by atoms with Crippen molar-refractivity contribution in [2.45, 2.75) is 13.8 Å². The maximum atomic E-state index is 13.4. The first-order valence-corrected chi connectivity index (χ1v) is 13.6. The van der Waals surface area contributed by atoms with E-state index >= 15 is 0 Å². The molecule has 8 nitrogen and oxygen atoms in total. The molecule has 2 N–H and O–H groups in total. The molecule has 1 amide bonds. The number of benzene rings is 4. The van der Waals surface area contributed by atoms with Crippen LogP contribution < -0.4 is 19.6 Å². The van der Waals surface area contributed by atoms with Gasteiger partial charge in [0.25, 0.3) is 5.91 Å². The monoisotopic (exact) mass is 581 g/mol. The Bertz CT molecular complexity index is 1810. The molecule has 0 saturated carbocycles. The third-order valence-electron chi connectivity index (χ3n) is 6.49. The topological polar surface area (TPSA) is 102 Å². The Hall–Kier alpha value is -5.08. The van der Waals surface area contributed by atoms with E-state index in [2.05, 4.69) is 15.5 Å². The van der Waals surface area contributed by atoms with E-state index in [0.29, 0.717) is 50.9 Å². The van der Waals surface area contributed by atoms with Crippen LogP contribution in [0.1, 0.15) is 38.9 Å².